The van der Waals surface area contributed by atoms with Gasteiger partial charge in [0, 0.05) is 12.6 Å². The van der Waals surface area contributed by atoms with Gasteiger partial charge in [-0.2, -0.15) is 0 Å². The van der Waals surface area contributed by atoms with E-state index in [-0.39, 0.29) is 12.1 Å². The van der Waals surface area contributed by atoms with Crippen LogP contribution in [-0.2, 0) is 4.74 Å². The number of rotatable bonds is 1. The second-order valence-corrected chi connectivity index (χ2v) is 6.27. The summed E-state index contributed by atoms with van der Waals surface area (Å²) >= 11 is 0. The number of ether oxygens (including phenoxy) is 1. The number of nitrogens with one attached hydrogen (secondary N) is 2. The van der Waals surface area contributed by atoms with Crippen LogP contribution in [0, 0.1) is 11.8 Å². The van der Waals surface area contributed by atoms with Crippen LogP contribution in [0.5, 0.6) is 0 Å². The van der Waals surface area contributed by atoms with E-state index in [0.717, 1.165) is 19.0 Å². The molecule has 2 fully saturated rings. The fraction of sp³-hybridized carbons (Fsp3) is 0.923. The Hall–Kier alpha value is -0.770. The summed E-state index contributed by atoms with van der Waals surface area (Å²) in [7, 11) is 0. The van der Waals surface area contributed by atoms with Crippen molar-refractivity contribution >= 4 is 6.09 Å². The maximum absolute atomic E-state index is 11.8. The van der Waals surface area contributed by atoms with Gasteiger partial charge < -0.3 is 15.4 Å². The quantitative estimate of drug-likeness (QED) is 0.736. The largest absolute Gasteiger partial charge is 0.444 e. The molecule has 2 aliphatic rings. The molecule has 98 valence electrons. The van der Waals surface area contributed by atoms with Crippen molar-refractivity contribution in [3.8, 4) is 0 Å². The standard InChI is InChI=1S/C13H24N2O2/c1-13(2,3)17-12(16)15-11-8-14-7-9-5-4-6-10(9)11/h9-11,14H,4-8H2,1-3H3,(H,15,16)/t9-,10-,11+/m0/s1. The van der Waals surface area contributed by atoms with Crippen LogP contribution in [0.1, 0.15) is 40.0 Å². The summed E-state index contributed by atoms with van der Waals surface area (Å²) in [6, 6.07) is 0.242. The highest BCUT2D eigenvalue weighted by Gasteiger charge is 2.37. The summed E-state index contributed by atoms with van der Waals surface area (Å²) in [6.07, 6.45) is 3.55. The van der Waals surface area contributed by atoms with Crippen molar-refractivity contribution < 1.29 is 9.53 Å². The third-order valence-electron chi connectivity index (χ3n) is 3.71. The van der Waals surface area contributed by atoms with E-state index in [1.54, 1.807) is 0 Å². The zero-order valence-corrected chi connectivity index (χ0v) is 11.1. The van der Waals surface area contributed by atoms with E-state index >= 15 is 0 Å². The van der Waals surface area contributed by atoms with Gasteiger partial charge >= 0.3 is 6.09 Å². The predicted molar refractivity (Wildman–Crippen MR) is 66.9 cm³/mol. The Labute approximate surface area is 103 Å². The Morgan fingerprint density at radius 3 is 2.76 bits per heavy atom. The van der Waals surface area contributed by atoms with Gasteiger partial charge in [0.25, 0.3) is 0 Å². The Morgan fingerprint density at radius 2 is 2.06 bits per heavy atom. The second kappa shape index (κ2) is 4.84. The van der Waals surface area contributed by atoms with Crippen molar-refractivity contribution in [1.29, 1.82) is 0 Å². The van der Waals surface area contributed by atoms with E-state index in [0.29, 0.717) is 5.92 Å². The first kappa shape index (κ1) is 12.7. The van der Waals surface area contributed by atoms with Gasteiger partial charge in [0.05, 0.1) is 0 Å². The van der Waals surface area contributed by atoms with Gasteiger partial charge in [0.15, 0.2) is 0 Å². The van der Waals surface area contributed by atoms with Crippen molar-refractivity contribution in [2.24, 2.45) is 11.8 Å². The van der Waals surface area contributed by atoms with E-state index in [4.69, 9.17) is 4.74 Å². The Bertz CT molecular complexity index is 286. The predicted octanol–water partition coefficient (Wildman–Crippen LogP) is 1.90. The molecule has 1 amide bonds. The molecule has 0 bridgehead atoms. The highest BCUT2D eigenvalue weighted by Crippen LogP contribution is 2.35. The Morgan fingerprint density at radius 1 is 1.29 bits per heavy atom. The number of hydrogen-bond acceptors (Lipinski definition) is 3. The molecule has 4 nitrogen and oxygen atoms in total. The molecule has 0 unspecified atom stereocenters. The number of alkyl carbamates (subject to hydrolysis) is 1. The summed E-state index contributed by atoms with van der Waals surface area (Å²) < 4.78 is 5.31. The molecule has 0 aromatic rings. The highest BCUT2D eigenvalue weighted by molar-refractivity contribution is 5.68. The third-order valence-corrected chi connectivity index (χ3v) is 3.71. The molecule has 4 heteroatoms. The van der Waals surface area contributed by atoms with E-state index in [2.05, 4.69) is 10.6 Å². The van der Waals surface area contributed by atoms with Crippen LogP contribution in [0.4, 0.5) is 4.79 Å². The topological polar surface area (TPSA) is 50.4 Å². The van der Waals surface area contributed by atoms with Crippen LogP contribution in [-0.4, -0.2) is 30.8 Å². The number of amides is 1. The normalized spacial score (nSPS) is 33.0. The molecule has 1 saturated heterocycles. The minimum absolute atomic E-state index is 0.242. The molecule has 2 rings (SSSR count). The van der Waals surface area contributed by atoms with Crippen LogP contribution in [0.15, 0.2) is 0 Å². The zero-order valence-electron chi connectivity index (χ0n) is 11.1. The summed E-state index contributed by atoms with van der Waals surface area (Å²) in [5.74, 6) is 1.38. The van der Waals surface area contributed by atoms with Crippen molar-refractivity contribution in [3.63, 3.8) is 0 Å². The SMILES string of the molecule is CC(C)(C)OC(=O)N[C@@H]1CNC[C@@H]2CCC[C@@H]21. The lowest BCUT2D eigenvalue weighted by Gasteiger charge is -2.35. The van der Waals surface area contributed by atoms with Gasteiger partial charge in [-0.25, -0.2) is 4.79 Å². The van der Waals surface area contributed by atoms with Crippen LogP contribution in [0.3, 0.4) is 0 Å². The maximum Gasteiger partial charge on any atom is 0.407 e. The van der Waals surface area contributed by atoms with Crippen LogP contribution in [0.25, 0.3) is 0 Å². The lowest BCUT2D eigenvalue weighted by molar-refractivity contribution is 0.0464. The first-order valence-electron chi connectivity index (χ1n) is 6.66. The number of fused-ring (bicyclic) bond motifs is 1. The highest BCUT2D eigenvalue weighted by atomic mass is 16.6. The molecular weight excluding hydrogens is 216 g/mol. The van der Waals surface area contributed by atoms with E-state index in [9.17, 15) is 4.79 Å². The summed E-state index contributed by atoms with van der Waals surface area (Å²) in [5.41, 5.74) is -0.415. The molecule has 1 heterocycles. The summed E-state index contributed by atoms with van der Waals surface area (Å²) in [6.45, 7) is 7.66. The maximum atomic E-state index is 11.8. The number of carbonyl (C=O) groups excluding carboxylic acids is 1. The van der Waals surface area contributed by atoms with E-state index in [1.807, 2.05) is 20.8 Å². The second-order valence-electron chi connectivity index (χ2n) is 6.27. The number of piperidine rings is 1. The number of hydrogen-bond donors (Lipinski definition) is 2. The minimum Gasteiger partial charge on any atom is -0.444 e. The molecular formula is C13H24N2O2. The van der Waals surface area contributed by atoms with E-state index in [1.165, 1.54) is 19.3 Å². The first-order chi connectivity index (χ1) is 7.96. The van der Waals surface area contributed by atoms with Gasteiger partial charge in [0.2, 0.25) is 0 Å². The van der Waals surface area contributed by atoms with E-state index < -0.39 is 5.60 Å². The fourth-order valence-electron chi connectivity index (χ4n) is 3.04. The van der Waals surface area contributed by atoms with Gasteiger partial charge in [-0.15, -0.1) is 0 Å². The van der Waals surface area contributed by atoms with Gasteiger partial charge in [-0.05, 0) is 52.0 Å². The monoisotopic (exact) mass is 240 g/mol. The van der Waals surface area contributed by atoms with Crippen molar-refractivity contribution in [3.05, 3.63) is 0 Å². The average molecular weight is 240 g/mol. The van der Waals surface area contributed by atoms with Gasteiger partial charge in [0.1, 0.15) is 5.60 Å². The van der Waals surface area contributed by atoms with Crippen LogP contribution >= 0.6 is 0 Å². The minimum atomic E-state index is -0.415. The zero-order chi connectivity index (χ0) is 12.5. The molecule has 17 heavy (non-hydrogen) atoms. The van der Waals surface area contributed by atoms with Gasteiger partial charge in [-0.3, -0.25) is 0 Å². The third kappa shape index (κ3) is 3.35. The molecule has 0 radical (unpaired) electrons. The molecule has 0 aromatic carbocycles. The number of carbonyl (C=O) groups is 1. The van der Waals surface area contributed by atoms with Crippen molar-refractivity contribution in [2.75, 3.05) is 13.1 Å². The van der Waals surface area contributed by atoms with Crippen molar-refractivity contribution in [1.82, 2.24) is 10.6 Å². The summed E-state index contributed by atoms with van der Waals surface area (Å²) in [5, 5.41) is 6.43. The molecule has 0 aromatic heterocycles. The lowest BCUT2D eigenvalue weighted by Crippen LogP contribution is -2.54. The molecule has 2 N–H and O–H groups in total. The van der Waals surface area contributed by atoms with Gasteiger partial charge in [-0.1, -0.05) is 6.42 Å². The average Bonchev–Trinajstić information content (AvgIpc) is 2.63. The lowest BCUT2D eigenvalue weighted by atomic mass is 9.86. The smallest absolute Gasteiger partial charge is 0.407 e. The molecule has 1 saturated carbocycles. The Kier molecular flexibility index (Phi) is 3.61. The van der Waals surface area contributed by atoms with Crippen LogP contribution in [0.2, 0.25) is 0 Å². The van der Waals surface area contributed by atoms with Crippen LogP contribution < -0.4 is 10.6 Å². The fourth-order valence-corrected chi connectivity index (χ4v) is 3.04. The van der Waals surface area contributed by atoms with Crippen molar-refractivity contribution in [2.45, 2.75) is 51.7 Å². The Balaban J connectivity index is 1.87. The molecule has 3 atom stereocenters. The molecule has 1 aliphatic heterocycles. The summed E-state index contributed by atoms with van der Waals surface area (Å²) in [4.78, 5) is 11.8. The first-order valence-corrected chi connectivity index (χ1v) is 6.66. The molecule has 1 aliphatic carbocycles. The molecule has 0 spiro atoms.